The molecule has 2 aromatic carbocycles. The first-order valence-electron chi connectivity index (χ1n) is 8.99. The molecule has 0 radical (unpaired) electrons. The predicted octanol–water partition coefficient (Wildman–Crippen LogP) is 4.70. The van der Waals surface area contributed by atoms with Gasteiger partial charge in [-0.2, -0.15) is 0 Å². The number of ether oxygens (including phenoxy) is 1. The van der Waals surface area contributed by atoms with Crippen molar-refractivity contribution in [2.45, 2.75) is 6.92 Å². The van der Waals surface area contributed by atoms with Gasteiger partial charge in [0.1, 0.15) is 17.6 Å². The molecule has 0 atom stereocenters. The van der Waals surface area contributed by atoms with Crippen LogP contribution in [0.15, 0.2) is 79.9 Å². The maximum absolute atomic E-state index is 11.4. The summed E-state index contributed by atoms with van der Waals surface area (Å²) < 4.78 is 7.79. The number of anilines is 3. The molecule has 0 bridgehead atoms. The number of hydrogen-bond acceptors (Lipinski definition) is 5. The summed E-state index contributed by atoms with van der Waals surface area (Å²) in [7, 11) is 0. The molecular weight excluding hydrogens is 366 g/mol. The van der Waals surface area contributed by atoms with Crippen molar-refractivity contribution in [2.24, 2.45) is 0 Å². The SMILES string of the molecule is C=CC(=O)Nc1ccc(Oc2cnc(Nc3ccccc3C)c3cncn23)cc1. The predicted molar refractivity (Wildman–Crippen MR) is 113 cm³/mol. The van der Waals surface area contributed by atoms with Crippen LogP contribution in [0.25, 0.3) is 5.52 Å². The first kappa shape index (κ1) is 18.2. The second-order valence-electron chi connectivity index (χ2n) is 6.35. The second kappa shape index (κ2) is 7.85. The third kappa shape index (κ3) is 3.93. The van der Waals surface area contributed by atoms with E-state index < -0.39 is 0 Å². The zero-order valence-electron chi connectivity index (χ0n) is 15.8. The van der Waals surface area contributed by atoms with Crippen molar-refractivity contribution in [3.8, 4) is 11.6 Å². The Morgan fingerprint density at radius 1 is 1.14 bits per heavy atom. The lowest BCUT2D eigenvalue weighted by Crippen LogP contribution is -2.06. The van der Waals surface area contributed by atoms with Crippen molar-refractivity contribution >= 4 is 28.6 Å². The molecule has 0 aliphatic rings. The zero-order valence-corrected chi connectivity index (χ0v) is 15.8. The highest BCUT2D eigenvalue weighted by Gasteiger charge is 2.11. The average molecular weight is 385 g/mol. The van der Waals surface area contributed by atoms with Crippen LogP contribution in [0.5, 0.6) is 11.6 Å². The van der Waals surface area contributed by atoms with Gasteiger partial charge in [0.15, 0.2) is 5.82 Å². The van der Waals surface area contributed by atoms with Crippen molar-refractivity contribution in [3.63, 3.8) is 0 Å². The highest BCUT2D eigenvalue weighted by molar-refractivity contribution is 5.98. The highest BCUT2D eigenvalue weighted by Crippen LogP contribution is 2.28. The molecule has 144 valence electrons. The fourth-order valence-corrected chi connectivity index (χ4v) is 2.83. The molecule has 0 aliphatic heterocycles. The quantitative estimate of drug-likeness (QED) is 0.470. The Balaban J connectivity index is 1.58. The molecule has 2 N–H and O–H groups in total. The zero-order chi connectivity index (χ0) is 20.2. The summed E-state index contributed by atoms with van der Waals surface area (Å²) in [5.41, 5.74) is 3.55. The van der Waals surface area contributed by atoms with Gasteiger partial charge < -0.3 is 15.4 Å². The largest absolute Gasteiger partial charge is 0.439 e. The molecule has 4 rings (SSSR count). The molecule has 0 unspecified atom stereocenters. The monoisotopic (exact) mass is 385 g/mol. The Bertz CT molecular complexity index is 1180. The van der Waals surface area contributed by atoms with Crippen LogP contribution in [0.4, 0.5) is 17.2 Å². The van der Waals surface area contributed by atoms with Gasteiger partial charge in [-0.3, -0.25) is 9.20 Å². The number of para-hydroxylation sites is 1. The second-order valence-corrected chi connectivity index (χ2v) is 6.35. The van der Waals surface area contributed by atoms with Crippen molar-refractivity contribution in [3.05, 3.63) is 85.5 Å². The number of hydrogen-bond donors (Lipinski definition) is 2. The maximum atomic E-state index is 11.4. The van der Waals surface area contributed by atoms with E-state index in [-0.39, 0.29) is 5.91 Å². The Morgan fingerprint density at radius 3 is 2.69 bits per heavy atom. The topological polar surface area (TPSA) is 80.5 Å². The normalized spacial score (nSPS) is 10.5. The summed E-state index contributed by atoms with van der Waals surface area (Å²) in [6.07, 6.45) is 6.27. The first-order chi connectivity index (χ1) is 14.1. The Morgan fingerprint density at radius 2 is 1.93 bits per heavy atom. The Kier molecular flexibility index (Phi) is 4.94. The number of amides is 1. The van der Waals surface area contributed by atoms with Crippen molar-refractivity contribution in [2.75, 3.05) is 10.6 Å². The van der Waals surface area contributed by atoms with E-state index in [1.807, 2.05) is 35.6 Å². The lowest BCUT2D eigenvalue weighted by Gasteiger charge is -2.13. The van der Waals surface area contributed by atoms with Crippen LogP contribution < -0.4 is 15.4 Å². The lowest BCUT2D eigenvalue weighted by molar-refractivity contribution is -0.111. The van der Waals surface area contributed by atoms with Crippen LogP contribution in [0, 0.1) is 6.92 Å². The van der Waals surface area contributed by atoms with Crippen LogP contribution in [0.2, 0.25) is 0 Å². The first-order valence-corrected chi connectivity index (χ1v) is 8.99. The lowest BCUT2D eigenvalue weighted by atomic mass is 10.2. The molecule has 0 saturated carbocycles. The molecule has 0 fully saturated rings. The summed E-state index contributed by atoms with van der Waals surface area (Å²) in [5.74, 6) is 1.56. The fourth-order valence-electron chi connectivity index (χ4n) is 2.83. The van der Waals surface area contributed by atoms with Crippen LogP contribution in [-0.4, -0.2) is 20.3 Å². The van der Waals surface area contributed by atoms with Crippen molar-refractivity contribution in [1.82, 2.24) is 14.4 Å². The van der Waals surface area contributed by atoms with Gasteiger partial charge in [0.2, 0.25) is 11.8 Å². The molecular formula is C22H19N5O2. The minimum absolute atomic E-state index is 0.264. The number of rotatable bonds is 6. The van der Waals surface area contributed by atoms with Crippen LogP contribution in [0.1, 0.15) is 5.56 Å². The summed E-state index contributed by atoms with van der Waals surface area (Å²) in [6.45, 7) is 5.47. The van der Waals surface area contributed by atoms with E-state index in [2.05, 4.69) is 27.2 Å². The van der Waals surface area contributed by atoms with Gasteiger partial charge in [-0.15, -0.1) is 0 Å². The molecule has 2 aromatic heterocycles. The number of imidazole rings is 1. The Labute approximate surface area is 167 Å². The maximum Gasteiger partial charge on any atom is 0.247 e. The smallest absolute Gasteiger partial charge is 0.247 e. The van der Waals surface area contributed by atoms with E-state index in [0.29, 0.717) is 23.1 Å². The highest BCUT2D eigenvalue weighted by atomic mass is 16.5. The minimum Gasteiger partial charge on any atom is -0.439 e. The van der Waals surface area contributed by atoms with Gasteiger partial charge in [-0.1, -0.05) is 24.8 Å². The molecule has 0 spiro atoms. The minimum atomic E-state index is -0.264. The summed E-state index contributed by atoms with van der Waals surface area (Å²) in [5, 5.41) is 6.04. The number of nitrogens with one attached hydrogen (secondary N) is 2. The molecule has 0 aliphatic carbocycles. The third-order valence-electron chi connectivity index (χ3n) is 4.35. The van der Waals surface area contributed by atoms with Crippen molar-refractivity contribution < 1.29 is 9.53 Å². The van der Waals surface area contributed by atoms with Crippen LogP contribution >= 0.6 is 0 Å². The number of aryl methyl sites for hydroxylation is 1. The van der Waals surface area contributed by atoms with E-state index in [4.69, 9.17) is 4.74 Å². The van der Waals surface area contributed by atoms with Crippen LogP contribution in [-0.2, 0) is 4.79 Å². The van der Waals surface area contributed by atoms with E-state index in [9.17, 15) is 4.79 Å². The number of benzene rings is 2. The van der Waals surface area contributed by atoms with Gasteiger partial charge >= 0.3 is 0 Å². The summed E-state index contributed by atoms with van der Waals surface area (Å²) in [6, 6.07) is 15.0. The number of nitrogens with zero attached hydrogens (tertiary/aromatic N) is 3. The summed E-state index contributed by atoms with van der Waals surface area (Å²) in [4.78, 5) is 20.1. The van der Waals surface area contributed by atoms with Crippen molar-refractivity contribution in [1.29, 1.82) is 0 Å². The number of fused-ring (bicyclic) bond motifs is 1. The number of carbonyl (C=O) groups excluding carboxylic acids is 1. The fraction of sp³-hybridized carbons (Fsp3) is 0.0455. The van der Waals surface area contributed by atoms with Gasteiger partial charge in [-0.25, -0.2) is 9.97 Å². The molecule has 4 aromatic rings. The van der Waals surface area contributed by atoms with Gasteiger partial charge in [-0.05, 0) is 48.9 Å². The number of carbonyl (C=O) groups is 1. The van der Waals surface area contributed by atoms with E-state index in [1.165, 1.54) is 6.08 Å². The molecule has 2 heterocycles. The van der Waals surface area contributed by atoms with Gasteiger partial charge in [0.25, 0.3) is 0 Å². The third-order valence-corrected chi connectivity index (χ3v) is 4.35. The standard InChI is InChI=1S/C22H19N5O2/c1-3-20(28)25-16-8-10-17(11-9-16)29-21-13-24-22(19-12-23-14-27(19)21)26-18-7-5-4-6-15(18)2/h3-14H,1H2,2H3,(H,24,26)(H,25,28). The molecule has 7 nitrogen and oxygen atoms in total. The Hall–Kier alpha value is -4.13. The number of aromatic nitrogens is 3. The molecule has 29 heavy (non-hydrogen) atoms. The average Bonchev–Trinajstić information content (AvgIpc) is 3.23. The summed E-state index contributed by atoms with van der Waals surface area (Å²) >= 11 is 0. The van der Waals surface area contributed by atoms with Gasteiger partial charge in [0, 0.05) is 11.4 Å². The van der Waals surface area contributed by atoms with E-state index in [0.717, 1.165) is 16.8 Å². The molecule has 1 amide bonds. The molecule has 0 saturated heterocycles. The van der Waals surface area contributed by atoms with Crippen LogP contribution in [0.3, 0.4) is 0 Å². The van der Waals surface area contributed by atoms with E-state index >= 15 is 0 Å². The van der Waals surface area contributed by atoms with Gasteiger partial charge in [0.05, 0.1) is 12.4 Å². The van der Waals surface area contributed by atoms with E-state index in [1.54, 1.807) is 43.0 Å². The molecule has 7 heteroatoms.